The van der Waals surface area contributed by atoms with Crippen molar-refractivity contribution in [2.75, 3.05) is 0 Å². The average molecular weight is 247 g/mol. The van der Waals surface area contributed by atoms with Crippen LogP contribution in [0.1, 0.15) is 30.0 Å². The largest absolute Gasteiger partial charge is 0.236 e. The Kier molecular flexibility index (Phi) is 4.17. The maximum Gasteiger partial charge on any atom is 0.236 e. The van der Waals surface area contributed by atoms with Crippen molar-refractivity contribution in [3.8, 4) is 0 Å². The molecule has 0 saturated heterocycles. The fourth-order valence-corrected chi connectivity index (χ4v) is 2.55. The topological polar surface area (TPSA) is 34.1 Å². The van der Waals surface area contributed by atoms with Crippen molar-refractivity contribution in [2.45, 2.75) is 32.4 Å². The van der Waals surface area contributed by atoms with Crippen LogP contribution in [-0.4, -0.2) is 8.42 Å². The SMILES string of the molecule is CCCc1ccc(CS(=O)(=O)Cl)cc1C. The molecule has 1 rings (SSSR count). The molecule has 1 aromatic rings. The van der Waals surface area contributed by atoms with E-state index in [0.29, 0.717) is 0 Å². The van der Waals surface area contributed by atoms with Crippen LogP contribution < -0.4 is 0 Å². The molecule has 15 heavy (non-hydrogen) atoms. The maximum absolute atomic E-state index is 10.9. The lowest BCUT2D eigenvalue weighted by Gasteiger charge is -2.06. The van der Waals surface area contributed by atoms with Gasteiger partial charge in [-0.2, -0.15) is 0 Å². The van der Waals surface area contributed by atoms with Crippen molar-refractivity contribution in [2.24, 2.45) is 0 Å². The van der Waals surface area contributed by atoms with Crippen LogP contribution in [-0.2, 0) is 21.2 Å². The van der Waals surface area contributed by atoms with E-state index in [4.69, 9.17) is 10.7 Å². The van der Waals surface area contributed by atoms with Crippen molar-refractivity contribution >= 4 is 19.7 Å². The lowest BCUT2D eigenvalue weighted by atomic mass is 10.0. The second kappa shape index (κ2) is 4.99. The molecule has 0 saturated carbocycles. The molecule has 2 nitrogen and oxygen atoms in total. The molecule has 0 bridgehead atoms. The van der Waals surface area contributed by atoms with Crippen LogP contribution >= 0.6 is 10.7 Å². The third-order valence-corrected chi connectivity index (χ3v) is 3.27. The van der Waals surface area contributed by atoms with Gasteiger partial charge < -0.3 is 0 Å². The summed E-state index contributed by atoms with van der Waals surface area (Å²) in [6.07, 6.45) is 2.12. The van der Waals surface area contributed by atoms with Gasteiger partial charge in [0.2, 0.25) is 9.05 Å². The number of hydrogen-bond donors (Lipinski definition) is 0. The Labute approximate surface area is 95.7 Å². The standard InChI is InChI=1S/C11H15ClO2S/c1-3-4-11-6-5-10(7-9(11)2)8-15(12,13)14/h5-7H,3-4,8H2,1-2H3. The monoisotopic (exact) mass is 246 g/mol. The third kappa shape index (κ3) is 4.22. The Balaban J connectivity index is 2.91. The first kappa shape index (κ1) is 12.5. The van der Waals surface area contributed by atoms with E-state index < -0.39 is 9.05 Å². The molecular weight excluding hydrogens is 232 g/mol. The molecule has 0 heterocycles. The van der Waals surface area contributed by atoms with Gasteiger partial charge >= 0.3 is 0 Å². The smallest absolute Gasteiger partial charge is 0.212 e. The van der Waals surface area contributed by atoms with Gasteiger partial charge in [-0.1, -0.05) is 31.5 Å². The van der Waals surface area contributed by atoms with E-state index in [1.165, 1.54) is 5.56 Å². The first-order valence-electron chi connectivity index (χ1n) is 4.93. The van der Waals surface area contributed by atoms with Gasteiger partial charge in [0.25, 0.3) is 0 Å². The zero-order valence-corrected chi connectivity index (χ0v) is 10.5. The number of hydrogen-bond acceptors (Lipinski definition) is 2. The van der Waals surface area contributed by atoms with E-state index in [0.717, 1.165) is 24.0 Å². The van der Waals surface area contributed by atoms with E-state index in [9.17, 15) is 8.42 Å². The van der Waals surface area contributed by atoms with Crippen LogP contribution in [0, 0.1) is 6.92 Å². The van der Waals surface area contributed by atoms with Gasteiger partial charge in [-0.3, -0.25) is 0 Å². The summed E-state index contributed by atoms with van der Waals surface area (Å²) < 4.78 is 21.8. The molecule has 0 amide bonds. The summed E-state index contributed by atoms with van der Waals surface area (Å²) >= 11 is 0. The molecule has 1 aromatic carbocycles. The zero-order valence-electron chi connectivity index (χ0n) is 8.96. The summed E-state index contributed by atoms with van der Waals surface area (Å²) in [5, 5.41) is 0. The highest BCUT2D eigenvalue weighted by Gasteiger charge is 2.08. The molecule has 0 radical (unpaired) electrons. The minimum atomic E-state index is -3.45. The second-order valence-corrected chi connectivity index (χ2v) is 6.47. The minimum absolute atomic E-state index is 0.0954. The van der Waals surface area contributed by atoms with Gasteiger partial charge in [0, 0.05) is 10.7 Å². The van der Waals surface area contributed by atoms with Gasteiger partial charge in [0.1, 0.15) is 0 Å². The summed E-state index contributed by atoms with van der Waals surface area (Å²) in [7, 11) is 1.75. The third-order valence-electron chi connectivity index (χ3n) is 2.27. The Hall–Kier alpha value is -0.540. The van der Waals surface area contributed by atoms with Crippen molar-refractivity contribution in [1.29, 1.82) is 0 Å². The molecule has 4 heteroatoms. The maximum atomic E-state index is 10.9. The van der Waals surface area contributed by atoms with Crippen molar-refractivity contribution in [1.82, 2.24) is 0 Å². The quantitative estimate of drug-likeness (QED) is 0.766. The van der Waals surface area contributed by atoms with Gasteiger partial charge in [0.05, 0.1) is 5.75 Å². The lowest BCUT2D eigenvalue weighted by Crippen LogP contribution is -1.97. The van der Waals surface area contributed by atoms with E-state index in [1.54, 1.807) is 0 Å². The number of halogens is 1. The van der Waals surface area contributed by atoms with Gasteiger partial charge in [0.15, 0.2) is 0 Å². The zero-order chi connectivity index (χ0) is 11.5. The minimum Gasteiger partial charge on any atom is -0.212 e. The molecule has 0 N–H and O–H groups in total. The molecule has 0 aromatic heterocycles. The van der Waals surface area contributed by atoms with E-state index >= 15 is 0 Å². The lowest BCUT2D eigenvalue weighted by molar-refractivity contribution is 0.609. The molecule has 0 unspecified atom stereocenters. The average Bonchev–Trinajstić information content (AvgIpc) is 2.07. The summed E-state index contributed by atoms with van der Waals surface area (Å²) in [5.74, 6) is -0.0954. The molecule has 0 spiro atoms. The highest BCUT2D eigenvalue weighted by atomic mass is 35.7. The van der Waals surface area contributed by atoms with Crippen LogP contribution in [0.25, 0.3) is 0 Å². The van der Waals surface area contributed by atoms with E-state index in [1.807, 2.05) is 25.1 Å². The number of benzene rings is 1. The summed E-state index contributed by atoms with van der Waals surface area (Å²) in [6.45, 7) is 4.12. The summed E-state index contributed by atoms with van der Waals surface area (Å²) in [5.41, 5.74) is 3.16. The Morgan fingerprint density at radius 1 is 1.33 bits per heavy atom. The molecule has 0 aliphatic rings. The summed E-state index contributed by atoms with van der Waals surface area (Å²) in [6, 6.07) is 5.71. The first-order valence-corrected chi connectivity index (χ1v) is 7.41. The van der Waals surface area contributed by atoms with Crippen molar-refractivity contribution in [3.63, 3.8) is 0 Å². The highest BCUT2D eigenvalue weighted by molar-refractivity contribution is 8.13. The molecular formula is C11H15ClO2S. The highest BCUT2D eigenvalue weighted by Crippen LogP contribution is 2.16. The second-order valence-electron chi connectivity index (χ2n) is 3.69. The fourth-order valence-electron chi connectivity index (χ4n) is 1.60. The molecule has 84 valence electrons. The van der Waals surface area contributed by atoms with E-state index in [-0.39, 0.29) is 5.75 Å². The van der Waals surface area contributed by atoms with Crippen LogP contribution in [0.15, 0.2) is 18.2 Å². The normalized spacial score (nSPS) is 11.7. The van der Waals surface area contributed by atoms with Gasteiger partial charge in [-0.05, 0) is 30.0 Å². The Morgan fingerprint density at radius 3 is 2.47 bits per heavy atom. The predicted octanol–water partition coefficient (Wildman–Crippen LogP) is 3.02. The fraction of sp³-hybridized carbons (Fsp3) is 0.455. The number of aryl methyl sites for hydroxylation is 2. The number of rotatable bonds is 4. The van der Waals surface area contributed by atoms with Gasteiger partial charge in [-0.15, -0.1) is 0 Å². The Bertz CT molecular complexity index is 438. The van der Waals surface area contributed by atoms with Crippen molar-refractivity contribution in [3.05, 3.63) is 34.9 Å². The predicted molar refractivity (Wildman–Crippen MR) is 63.7 cm³/mol. The molecule has 0 aliphatic heterocycles. The van der Waals surface area contributed by atoms with Crippen molar-refractivity contribution < 1.29 is 8.42 Å². The van der Waals surface area contributed by atoms with Crippen LogP contribution in [0.3, 0.4) is 0 Å². The van der Waals surface area contributed by atoms with E-state index in [2.05, 4.69) is 6.92 Å². The molecule has 0 atom stereocenters. The molecule has 0 fully saturated rings. The van der Waals surface area contributed by atoms with Crippen LogP contribution in [0.4, 0.5) is 0 Å². The first-order chi connectivity index (χ1) is 6.92. The van der Waals surface area contributed by atoms with Crippen LogP contribution in [0.2, 0.25) is 0 Å². The molecule has 0 aliphatic carbocycles. The van der Waals surface area contributed by atoms with Crippen LogP contribution in [0.5, 0.6) is 0 Å². The Morgan fingerprint density at radius 2 is 2.00 bits per heavy atom. The van der Waals surface area contributed by atoms with Gasteiger partial charge in [-0.25, -0.2) is 8.42 Å². The summed E-state index contributed by atoms with van der Waals surface area (Å²) in [4.78, 5) is 0.